The summed E-state index contributed by atoms with van der Waals surface area (Å²) in [5.41, 5.74) is 2.69. The minimum absolute atomic E-state index is 0.261. The molecule has 5 aliphatic rings. The van der Waals surface area contributed by atoms with Gasteiger partial charge in [0.25, 0.3) is 0 Å². The molecule has 140 valence electrons. The number of rotatable bonds is 3. The average Bonchev–Trinajstić information content (AvgIpc) is 2.61. The van der Waals surface area contributed by atoms with Crippen molar-refractivity contribution in [2.24, 2.45) is 16.7 Å². The molecule has 2 unspecified atom stereocenters. The molecular formula is C24H33NS. The first-order chi connectivity index (χ1) is 12.5. The van der Waals surface area contributed by atoms with Crippen LogP contribution in [0.1, 0.15) is 83.1 Å². The van der Waals surface area contributed by atoms with Crippen LogP contribution < -0.4 is 5.32 Å². The second kappa shape index (κ2) is 6.06. The van der Waals surface area contributed by atoms with Gasteiger partial charge < -0.3 is 5.32 Å². The van der Waals surface area contributed by atoms with Gasteiger partial charge in [-0.2, -0.15) is 0 Å². The van der Waals surface area contributed by atoms with Crippen LogP contribution in [-0.2, 0) is 5.41 Å². The molecular weight excluding hydrogens is 334 g/mol. The van der Waals surface area contributed by atoms with Gasteiger partial charge in [-0.3, -0.25) is 0 Å². The maximum atomic E-state index is 6.16. The van der Waals surface area contributed by atoms with Crippen LogP contribution in [0.3, 0.4) is 0 Å². The predicted octanol–water partition coefficient (Wildman–Crippen LogP) is 6.16. The SMILES string of the molecule is C[C@]12CC3CC(C(=S)NC4CCCCC4)(C1)C[C@@](c1ccccc1)(C3)C2. The third-order valence-electron chi connectivity index (χ3n) is 8.16. The van der Waals surface area contributed by atoms with Crippen LogP contribution >= 0.6 is 12.2 Å². The van der Waals surface area contributed by atoms with Crippen LogP contribution in [0.25, 0.3) is 0 Å². The highest BCUT2D eigenvalue weighted by atomic mass is 32.1. The van der Waals surface area contributed by atoms with Crippen molar-refractivity contribution in [2.75, 3.05) is 0 Å². The van der Waals surface area contributed by atoms with Crippen LogP contribution in [0.4, 0.5) is 0 Å². The molecule has 5 saturated carbocycles. The van der Waals surface area contributed by atoms with E-state index in [1.807, 2.05) is 0 Å². The van der Waals surface area contributed by atoms with Gasteiger partial charge in [-0.15, -0.1) is 0 Å². The second-order valence-corrected chi connectivity index (χ2v) is 11.0. The van der Waals surface area contributed by atoms with Crippen LogP contribution in [0.2, 0.25) is 0 Å². The fourth-order valence-electron chi connectivity index (χ4n) is 7.87. The summed E-state index contributed by atoms with van der Waals surface area (Å²) in [6.45, 7) is 2.56. The van der Waals surface area contributed by atoms with Gasteiger partial charge in [0.1, 0.15) is 0 Å². The van der Waals surface area contributed by atoms with Crippen molar-refractivity contribution in [3.63, 3.8) is 0 Å². The molecule has 0 aliphatic heterocycles. The Bertz CT molecular complexity index is 693. The third kappa shape index (κ3) is 2.75. The maximum absolute atomic E-state index is 6.16. The fraction of sp³-hybridized carbons (Fsp3) is 0.708. The molecule has 4 bridgehead atoms. The number of nitrogens with one attached hydrogen (secondary N) is 1. The Morgan fingerprint density at radius 3 is 2.46 bits per heavy atom. The highest BCUT2D eigenvalue weighted by Gasteiger charge is 2.63. The van der Waals surface area contributed by atoms with Gasteiger partial charge in [-0.1, -0.05) is 68.7 Å². The summed E-state index contributed by atoms with van der Waals surface area (Å²) in [6, 6.07) is 12.1. The first-order valence-corrected chi connectivity index (χ1v) is 11.3. The van der Waals surface area contributed by atoms with E-state index in [1.54, 1.807) is 5.56 Å². The van der Waals surface area contributed by atoms with E-state index in [9.17, 15) is 0 Å². The van der Waals surface area contributed by atoms with Crippen LogP contribution in [-0.4, -0.2) is 11.0 Å². The van der Waals surface area contributed by atoms with Crippen molar-refractivity contribution < 1.29 is 0 Å². The Labute approximate surface area is 164 Å². The second-order valence-electron chi connectivity index (χ2n) is 10.6. The minimum Gasteiger partial charge on any atom is -0.376 e. The smallest absolute Gasteiger partial charge is 0.0818 e. The van der Waals surface area contributed by atoms with Gasteiger partial charge >= 0.3 is 0 Å². The number of hydrogen-bond acceptors (Lipinski definition) is 1. The normalized spacial score (nSPS) is 42.0. The van der Waals surface area contributed by atoms with Crippen molar-refractivity contribution in [3.05, 3.63) is 35.9 Å². The Morgan fingerprint density at radius 2 is 1.73 bits per heavy atom. The molecule has 0 heterocycles. The fourth-order valence-corrected chi connectivity index (χ4v) is 8.27. The highest BCUT2D eigenvalue weighted by Crippen LogP contribution is 2.70. The Balaban J connectivity index is 1.46. The van der Waals surface area contributed by atoms with Gasteiger partial charge in [-0.05, 0) is 73.7 Å². The molecule has 1 nitrogen and oxygen atoms in total. The molecule has 1 N–H and O–H groups in total. The molecule has 0 amide bonds. The zero-order chi connectivity index (χ0) is 17.8. The summed E-state index contributed by atoms with van der Waals surface area (Å²) >= 11 is 6.16. The number of hydrogen-bond donors (Lipinski definition) is 1. The molecule has 5 fully saturated rings. The average molecular weight is 368 g/mol. The molecule has 2 heteroatoms. The van der Waals surface area contributed by atoms with E-state index < -0.39 is 0 Å². The van der Waals surface area contributed by atoms with Gasteiger partial charge in [-0.25, -0.2) is 0 Å². The van der Waals surface area contributed by atoms with Crippen molar-refractivity contribution in [2.45, 2.75) is 89.0 Å². The summed E-state index contributed by atoms with van der Waals surface area (Å²) in [4.78, 5) is 1.24. The molecule has 0 radical (unpaired) electrons. The van der Waals surface area contributed by atoms with Gasteiger partial charge in [0, 0.05) is 11.5 Å². The summed E-state index contributed by atoms with van der Waals surface area (Å²) in [6.07, 6.45) is 14.9. The largest absolute Gasteiger partial charge is 0.376 e. The van der Waals surface area contributed by atoms with Crippen molar-refractivity contribution >= 4 is 17.2 Å². The first-order valence-electron chi connectivity index (χ1n) is 10.9. The lowest BCUT2D eigenvalue weighted by atomic mass is 9.39. The number of thiocarbonyl (C=S) groups is 1. The topological polar surface area (TPSA) is 12.0 Å². The van der Waals surface area contributed by atoms with Crippen molar-refractivity contribution in [1.29, 1.82) is 0 Å². The van der Waals surface area contributed by atoms with E-state index in [4.69, 9.17) is 12.2 Å². The zero-order valence-electron chi connectivity index (χ0n) is 16.2. The summed E-state index contributed by atoms with van der Waals surface area (Å²) in [5, 5.41) is 3.89. The standard InChI is InChI=1S/C24H33NS/c1-22-12-18-13-23(15-22,19-8-4-2-5-9-19)17-24(14-18,16-22)21(26)25-20-10-6-3-7-11-20/h2,4-5,8-9,18,20H,3,6-7,10-17H2,1H3,(H,25,26)/t18?,22-,23-,24?/m1/s1. The van der Waals surface area contributed by atoms with Crippen LogP contribution in [0.15, 0.2) is 30.3 Å². The van der Waals surface area contributed by atoms with Crippen molar-refractivity contribution in [3.8, 4) is 0 Å². The Hall–Kier alpha value is -0.890. The van der Waals surface area contributed by atoms with E-state index in [-0.39, 0.29) is 5.41 Å². The predicted molar refractivity (Wildman–Crippen MR) is 112 cm³/mol. The minimum atomic E-state index is 0.261. The lowest BCUT2D eigenvalue weighted by Gasteiger charge is -2.66. The highest BCUT2D eigenvalue weighted by molar-refractivity contribution is 7.80. The molecule has 26 heavy (non-hydrogen) atoms. The molecule has 6 rings (SSSR count). The number of benzene rings is 1. The Morgan fingerprint density at radius 1 is 0.962 bits per heavy atom. The first kappa shape index (κ1) is 17.2. The quantitative estimate of drug-likeness (QED) is 0.642. The maximum Gasteiger partial charge on any atom is 0.0818 e. The monoisotopic (exact) mass is 367 g/mol. The summed E-state index contributed by atoms with van der Waals surface area (Å²) < 4.78 is 0. The Kier molecular flexibility index (Phi) is 4.01. The van der Waals surface area contributed by atoms with Crippen molar-refractivity contribution in [1.82, 2.24) is 5.32 Å². The van der Waals surface area contributed by atoms with E-state index in [1.165, 1.54) is 75.6 Å². The van der Waals surface area contributed by atoms with Gasteiger partial charge in [0.2, 0.25) is 0 Å². The molecule has 1 aromatic carbocycles. The van der Waals surface area contributed by atoms with Crippen LogP contribution in [0, 0.1) is 16.7 Å². The van der Waals surface area contributed by atoms with Crippen LogP contribution in [0.5, 0.6) is 0 Å². The van der Waals surface area contributed by atoms with E-state index in [2.05, 4.69) is 42.6 Å². The lowest BCUT2D eigenvalue weighted by Crippen LogP contribution is -2.62. The molecule has 5 aliphatic carbocycles. The molecule has 4 atom stereocenters. The molecule has 0 spiro atoms. The van der Waals surface area contributed by atoms with E-state index in [0.717, 1.165) is 5.92 Å². The van der Waals surface area contributed by atoms with E-state index >= 15 is 0 Å². The molecule has 1 aromatic rings. The summed E-state index contributed by atoms with van der Waals surface area (Å²) in [7, 11) is 0. The zero-order valence-corrected chi connectivity index (χ0v) is 17.0. The lowest BCUT2D eigenvalue weighted by molar-refractivity contribution is -0.0874. The van der Waals surface area contributed by atoms with Gasteiger partial charge in [0.05, 0.1) is 4.99 Å². The van der Waals surface area contributed by atoms with Gasteiger partial charge in [0.15, 0.2) is 0 Å². The molecule has 0 aromatic heterocycles. The van der Waals surface area contributed by atoms with E-state index in [0.29, 0.717) is 16.9 Å². The third-order valence-corrected chi connectivity index (χ3v) is 8.71. The molecule has 0 saturated heterocycles. The summed E-state index contributed by atoms with van der Waals surface area (Å²) in [5.74, 6) is 0.863.